The van der Waals surface area contributed by atoms with E-state index in [1.807, 2.05) is 6.92 Å². The third-order valence-electron chi connectivity index (χ3n) is 1.31. The van der Waals surface area contributed by atoms with Gasteiger partial charge in [-0.15, -0.1) is 5.10 Å². The summed E-state index contributed by atoms with van der Waals surface area (Å²) in [4.78, 5) is 19.3. The molecular weight excluding hydrogens is 284 g/mol. The molecule has 17 heavy (non-hydrogen) atoms. The molecule has 0 aliphatic rings. The number of carbonyl (C=O) groups excluding carboxylic acids is 2. The number of rotatable bonds is 2. The van der Waals surface area contributed by atoms with E-state index in [1.165, 1.54) is 18.0 Å². The van der Waals surface area contributed by atoms with E-state index in [1.54, 1.807) is 0 Å². The Labute approximate surface area is 183 Å². The quantitative estimate of drug-likeness (QED) is 0.392. The molecule has 0 aliphatic heterocycles. The van der Waals surface area contributed by atoms with Crippen LogP contribution in [0.25, 0.3) is 0 Å². The second-order valence-electron chi connectivity index (χ2n) is 2.18. The Kier molecular flexibility index (Phi) is 18.6. The van der Waals surface area contributed by atoms with Gasteiger partial charge >= 0.3 is 109 Å². The molecule has 0 aromatic carbocycles. The average molecular weight is 293 g/mol. The van der Waals surface area contributed by atoms with Crippen molar-refractivity contribution in [3.05, 3.63) is 11.9 Å². The molecule has 0 fully saturated rings. The summed E-state index contributed by atoms with van der Waals surface area (Å²) in [6.07, 6.45) is -0.949. The largest absolute Gasteiger partial charge is 1.00 e. The van der Waals surface area contributed by atoms with Crippen LogP contribution in [0, 0.1) is 0 Å². The molecule has 10 heteroatoms. The van der Waals surface area contributed by atoms with E-state index in [0.717, 1.165) is 0 Å². The molecule has 0 unspecified atom stereocenters. The molecule has 0 saturated carbocycles. The Morgan fingerprint density at radius 2 is 1.88 bits per heavy atom. The molecule has 1 rings (SSSR count). The molecule has 1 aromatic heterocycles. The van der Waals surface area contributed by atoms with E-state index in [9.17, 15) is 4.79 Å². The topological polar surface area (TPSA) is 120 Å². The van der Waals surface area contributed by atoms with Gasteiger partial charge in [0.05, 0.1) is 13.3 Å². The summed E-state index contributed by atoms with van der Waals surface area (Å²) < 4.78 is 5.98. The Morgan fingerprint density at radius 1 is 1.41 bits per heavy atom. The van der Waals surface area contributed by atoms with Crippen molar-refractivity contribution in [2.45, 2.75) is 13.5 Å². The normalized spacial score (nSPS) is 7.65. The summed E-state index contributed by atoms with van der Waals surface area (Å²) in [5.41, 5.74) is 0.384. The molecule has 0 aliphatic carbocycles. The van der Waals surface area contributed by atoms with Crippen molar-refractivity contribution in [1.29, 1.82) is 0 Å². The Bertz CT molecular complexity index is 340. The van der Waals surface area contributed by atoms with E-state index < -0.39 is 12.1 Å². The van der Waals surface area contributed by atoms with Gasteiger partial charge in [-0.25, -0.2) is 9.48 Å². The first-order valence-corrected chi connectivity index (χ1v) is 3.87. The summed E-state index contributed by atoms with van der Waals surface area (Å²) in [6.45, 7) is 2.49. The van der Waals surface area contributed by atoms with Crippen molar-refractivity contribution < 1.29 is 127 Å². The van der Waals surface area contributed by atoms with Gasteiger partial charge in [-0.05, 0) is 13.1 Å². The molecule has 0 spiro atoms. The van der Waals surface area contributed by atoms with Gasteiger partial charge < -0.3 is 19.7 Å². The number of hydrogen-bond donors (Lipinski definition) is 0. The van der Waals surface area contributed by atoms with Crippen LogP contribution in [-0.2, 0) is 11.3 Å². The maximum absolute atomic E-state index is 10.9. The second-order valence-corrected chi connectivity index (χ2v) is 2.18. The maximum Gasteiger partial charge on any atom is 1.00 e. The van der Waals surface area contributed by atoms with Crippen LogP contribution < -0.4 is 113 Å². The summed E-state index contributed by atoms with van der Waals surface area (Å²) in [5.74, 6) is -0.406. The number of ether oxygens (including phenoxy) is 1. The first kappa shape index (κ1) is 23.3. The van der Waals surface area contributed by atoms with E-state index in [0.29, 0.717) is 12.2 Å². The molecule has 8 nitrogen and oxygen atoms in total. The summed E-state index contributed by atoms with van der Waals surface area (Å²) in [7, 11) is 1.33. The number of methoxy groups -OCH3 is 1. The van der Waals surface area contributed by atoms with Crippen LogP contribution in [0.4, 0.5) is 4.79 Å². The van der Waals surface area contributed by atoms with E-state index >= 15 is 0 Å². The van der Waals surface area contributed by atoms with E-state index in [2.05, 4.69) is 15.0 Å². The number of hydrogen-bond acceptors (Lipinski definition) is 7. The van der Waals surface area contributed by atoms with Crippen molar-refractivity contribution in [3.63, 3.8) is 0 Å². The summed E-state index contributed by atoms with van der Waals surface area (Å²) in [6, 6.07) is 0. The molecule has 0 amide bonds. The Hall–Kier alpha value is 1.15. The number of aryl methyl sites for hydroxylation is 1. The van der Waals surface area contributed by atoms with Crippen LogP contribution in [0.3, 0.4) is 0 Å². The minimum absolute atomic E-state index is 0. The van der Waals surface area contributed by atoms with Crippen LogP contribution in [-0.4, -0.2) is 34.2 Å². The number of aromatic nitrogens is 3. The number of carboxylic acid groups (broad SMARTS) is 2. The van der Waals surface area contributed by atoms with Gasteiger partial charge in [0.15, 0.2) is 5.69 Å². The van der Waals surface area contributed by atoms with E-state index in [4.69, 9.17) is 15.0 Å². The molecule has 84 valence electrons. The minimum atomic E-state index is -2.33. The molecule has 0 radical (unpaired) electrons. The van der Waals surface area contributed by atoms with Crippen molar-refractivity contribution in [2.24, 2.45) is 0 Å². The standard InChI is InChI=1S/C6H9N3O2.CH2O3.2K/c1-3-9-5(4-7-8-9)6(10)11-2;2-1(3)4;;/h4H,3H2,1-2H3;(H2,2,3,4);;/q;;2*+1/p-2. The van der Waals surface area contributed by atoms with Gasteiger partial charge in [-0.3, -0.25) is 0 Å². The van der Waals surface area contributed by atoms with Gasteiger partial charge in [0, 0.05) is 6.54 Å². The third kappa shape index (κ3) is 10.7. The maximum atomic E-state index is 10.9. The number of nitrogens with zero attached hydrogens (tertiary/aromatic N) is 3. The summed E-state index contributed by atoms with van der Waals surface area (Å²) in [5, 5.41) is 23.9. The number of carbonyl (C=O) groups is 2. The second kappa shape index (κ2) is 13.6. The zero-order valence-corrected chi connectivity index (χ0v) is 16.4. The number of esters is 1. The Balaban J connectivity index is -0.000000289. The fourth-order valence-corrected chi connectivity index (χ4v) is 0.754. The molecule has 1 aromatic rings. The van der Waals surface area contributed by atoms with Gasteiger partial charge in [-0.1, -0.05) is 5.21 Å². The molecular formula is C7H9K2N3O5. The van der Waals surface area contributed by atoms with Gasteiger partial charge in [0.1, 0.15) is 0 Å². The minimum Gasteiger partial charge on any atom is -0.652 e. The van der Waals surface area contributed by atoms with Crippen LogP contribution in [0.2, 0.25) is 0 Å². The van der Waals surface area contributed by atoms with Gasteiger partial charge in [-0.2, -0.15) is 0 Å². The molecule has 0 N–H and O–H groups in total. The zero-order chi connectivity index (χ0) is 11.8. The average Bonchev–Trinajstić information content (AvgIpc) is 2.63. The smallest absolute Gasteiger partial charge is 0.652 e. The van der Waals surface area contributed by atoms with Crippen LogP contribution >= 0.6 is 0 Å². The van der Waals surface area contributed by atoms with Crippen LogP contribution in [0.15, 0.2) is 6.20 Å². The van der Waals surface area contributed by atoms with Gasteiger partial charge in [0.2, 0.25) is 0 Å². The molecule has 0 atom stereocenters. The van der Waals surface area contributed by atoms with Crippen LogP contribution in [0.5, 0.6) is 0 Å². The third-order valence-corrected chi connectivity index (χ3v) is 1.31. The van der Waals surface area contributed by atoms with E-state index in [-0.39, 0.29) is 103 Å². The monoisotopic (exact) mass is 293 g/mol. The van der Waals surface area contributed by atoms with Crippen molar-refractivity contribution in [2.75, 3.05) is 7.11 Å². The summed E-state index contributed by atoms with van der Waals surface area (Å²) >= 11 is 0. The van der Waals surface area contributed by atoms with Gasteiger partial charge in [0.25, 0.3) is 0 Å². The molecule has 0 saturated heterocycles. The predicted octanol–water partition coefficient (Wildman–Crippen LogP) is -8.35. The SMILES string of the molecule is CCn1nncc1C(=O)OC.O=C([O-])[O-].[K+].[K+]. The Morgan fingerprint density at radius 3 is 2.24 bits per heavy atom. The predicted molar refractivity (Wildman–Crippen MR) is 42.4 cm³/mol. The van der Waals surface area contributed by atoms with Crippen LogP contribution in [0.1, 0.15) is 17.4 Å². The molecule has 1 heterocycles. The van der Waals surface area contributed by atoms with Crippen molar-refractivity contribution in [3.8, 4) is 0 Å². The zero-order valence-electron chi connectivity index (χ0n) is 10.2. The first-order chi connectivity index (χ1) is 7.02. The first-order valence-electron chi connectivity index (χ1n) is 3.87. The van der Waals surface area contributed by atoms with Crippen molar-refractivity contribution in [1.82, 2.24) is 15.0 Å². The van der Waals surface area contributed by atoms with Crippen molar-refractivity contribution >= 4 is 12.1 Å². The molecule has 0 bridgehead atoms. The fraction of sp³-hybridized carbons (Fsp3) is 0.429. The fourth-order valence-electron chi connectivity index (χ4n) is 0.754.